The zero-order chi connectivity index (χ0) is 18.3. The second-order valence-electron chi connectivity index (χ2n) is 7.40. The number of amides is 1. The van der Waals surface area contributed by atoms with E-state index < -0.39 is 0 Å². The first-order valence-electron chi connectivity index (χ1n) is 8.51. The highest BCUT2D eigenvalue weighted by molar-refractivity contribution is 6.09. The minimum Gasteiger partial charge on any atom is -0.454 e. The van der Waals surface area contributed by atoms with Gasteiger partial charge >= 0.3 is 0 Å². The van der Waals surface area contributed by atoms with Crippen molar-refractivity contribution in [3.63, 3.8) is 0 Å². The van der Waals surface area contributed by atoms with E-state index in [4.69, 9.17) is 9.47 Å². The van der Waals surface area contributed by atoms with E-state index in [-0.39, 0.29) is 18.1 Å². The summed E-state index contributed by atoms with van der Waals surface area (Å²) in [6.07, 6.45) is 3.49. The average molecular weight is 348 g/mol. The summed E-state index contributed by atoms with van der Waals surface area (Å²) >= 11 is 0. The zero-order valence-corrected chi connectivity index (χ0v) is 15.0. The van der Waals surface area contributed by atoms with Gasteiger partial charge in [-0.15, -0.1) is 0 Å². The van der Waals surface area contributed by atoms with Crippen LogP contribution in [0.15, 0.2) is 48.8 Å². The first kappa shape index (κ1) is 16.4. The van der Waals surface area contributed by atoms with Crippen LogP contribution in [0.2, 0.25) is 0 Å². The molecule has 2 aromatic carbocycles. The summed E-state index contributed by atoms with van der Waals surface area (Å²) in [4.78, 5) is 16.9. The molecule has 1 aromatic heterocycles. The van der Waals surface area contributed by atoms with Gasteiger partial charge in [-0.25, -0.2) is 0 Å². The second kappa shape index (κ2) is 6.02. The van der Waals surface area contributed by atoms with Crippen molar-refractivity contribution in [2.75, 3.05) is 12.1 Å². The molecule has 1 aliphatic heterocycles. The normalized spacial score (nSPS) is 13.0. The lowest BCUT2D eigenvalue weighted by atomic mass is 9.86. The third-order valence-corrected chi connectivity index (χ3v) is 4.51. The predicted octanol–water partition coefficient (Wildman–Crippen LogP) is 4.51. The zero-order valence-electron chi connectivity index (χ0n) is 15.0. The van der Waals surface area contributed by atoms with Crippen molar-refractivity contribution in [1.82, 2.24) is 4.98 Å². The van der Waals surface area contributed by atoms with Crippen LogP contribution in [0.1, 0.15) is 36.7 Å². The molecule has 0 spiro atoms. The van der Waals surface area contributed by atoms with Crippen LogP contribution in [0.5, 0.6) is 11.5 Å². The maximum absolute atomic E-state index is 12.6. The fourth-order valence-electron chi connectivity index (χ4n) is 2.97. The first-order valence-corrected chi connectivity index (χ1v) is 8.51. The van der Waals surface area contributed by atoms with Gasteiger partial charge in [0.2, 0.25) is 6.79 Å². The molecule has 0 radical (unpaired) electrons. The predicted molar refractivity (Wildman–Crippen MR) is 101 cm³/mol. The summed E-state index contributed by atoms with van der Waals surface area (Å²) in [7, 11) is 0. The number of nitrogens with zero attached hydrogens (tertiary/aromatic N) is 1. The molecule has 3 aromatic rings. The van der Waals surface area contributed by atoms with Crippen LogP contribution in [0.4, 0.5) is 5.69 Å². The minimum absolute atomic E-state index is 0.0555. The molecule has 2 heterocycles. The molecule has 0 saturated carbocycles. The average Bonchev–Trinajstić information content (AvgIpc) is 3.08. The van der Waals surface area contributed by atoms with E-state index in [9.17, 15) is 4.79 Å². The number of aromatic nitrogens is 1. The SMILES string of the molecule is CC(C)(C)c1ccc2c(NC(=O)c3ccc4c(c3)OCO4)cncc2c1. The molecule has 0 saturated heterocycles. The monoisotopic (exact) mass is 348 g/mol. The summed E-state index contributed by atoms with van der Waals surface area (Å²) in [6, 6.07) is 11.4. The highest BCUT2D eigenvalue weighted by Crippen LogP contribution is 2.33. The third-order valence-electron chi connectivity index (χ3n) is 4.51. The van der Waals surface area contributed by atoms with Crippen LogP contribution < -0.4 is 14.8 Å². The van der Waals surface area contributed by atoms with E-state index in [2.05, 4.69) is 43.2 Å². The Bertz CT molecular complexity index is 1010. The molecule has 1 aliphatic rings. The maximum Gasteiger partial charge on any atom is 0.255 e. The van der Waals surface area contributed by atoms with Crippen molar-refractivity contribution in [2.45, 2.75) is 26.2 Å². The molecular weight excluding hydrogens is 328 g/mol. The lowest BCUT2D eigenvalue weighted by molar-refractivity contribution is 0.102. The Hall–Kier alpha value is -3.08. The van der Waals surface area contributed by atoms with Crippen molar-refractivity contribution in [3.8, 4) is 11.5 Å². The number of hydrogen-bond acceptors (Lipinski definition) is 4. The van der Waals surface area contributed by atoms with Gasteiger partial charge in [-0.1, -0.05) is 32.9 Å². The van der Waals surface area contributed by atoms with Crippen LogP contribution in [0, 0.1) is 0 Å². The number of rotatable bonds is 2. The van der Waals surface area contributed by atoms with Gasteiger partial charge in [-0.3, -0.25) is 9.78 Å². The lowest BCUT2D eigenvalue weighted by Gasteiger charge is -2.20. The number of anilines is 1. The Morgan fingerprint density at radius 1 is 1.04 bits per heavy atom. The molecule has 0 fully saturated rings. The van der Waals surface area contributed by atoms with E-state index in [1.165, 1.54) is 5.56 Å². The maximum atomic E-state index is 12.6. The summed E-state index contributed by atoms with van der Waals surface area (Å²) in [5, 5.41) is 4.91. The molecule has 0 atom stereocenters. The molecule has 132 valence electrons. The van der Waals surface area contributed by atoms with Gasteiger partial charge < -0.3 is 14.8 Å². The number of nitrogens with one attached hydrogen (secondary N) is 1. The highest BCUT2D eigenvalue weighted by atomic mass is 16.7. The van der Waals surface area contributed by atoms with Gasteiger partial charge in [0.15, 0.2) is 11.5 Å². The third kappa shape index (κ3) is 2.96. The van der Waals surface area contributed by atoms with Gasteiger partial charge in [0.25, 0.3) is 5.91 Å². The van der Waals surface area contributed by atoms with Crippen molar-refractivity contribution in [3.05, 3.63) is 59.9 Å². The van der Waals surface area contributed by atoms with Gasteiger partial charge in [0.1, 0.15) is 0 Å². The van der Waals surface area contributed by atoms with E-state index in [1.807, 2.05) is 12.3 Å². The number of ether oxygens (including phenoxy) is 2. The van der Waals surface area contributed by atoms with Gasteiger partial charge in [-0.05, 0) is 35.2 Å². The standard InChI is InChI=1S/C21H20N2O3/c1-21(2,3)15-5-6-16-14(8-15)10-22-11-17(16)23-20(24)13-4-7-18-19(9-13)26-12-25-18/h4-11H,12H2,1-3H3,(H,23,24). The van der Waals surface area contributed by atoms with Gasteiger partial charge in [0.05, 0.1) is 11.9 Å². The fraction of sp³-hybridized carbons (Fsp3) is 0.238. The molecule has 1 amide bonds. The molecule has 5 heteroatoms. The molecule has 0 unspecified atom stereocenters. The summed E-state index contributed by atoms with van der Waals surface area (Å²) in [6.45, 7) is 6.70. The van der Waals surface area contributed by atoms with Crippen molar-refractivity contribution in [2.24, 2.45) is 0 Å². The Morgan fingerprint density at radius 3 is 2.65 bits per heavy atom. The summed E-state index contributed by atoms with van der Waals surface area (Å²) in [5.74, 6) is 1.03. The van der Waals surface area contributed by atoms with E-state index in [0.29, 0.717) is 22.7 Å². The smallest absolute Gasteiger partial charge is 0.255 e. The summed E-state index contributed by atoms with van der Waals surface area (Å²) in [5.41, 5.74) is 2.48. The Morgan fingerprint density at radius 2 is 1.85 bits per heavy atom. The van der Waals surface area contributed by atoms with E-state index in [1.54, 1.807) is 24.4 Å². The number of fused-ring (bicyclic) bond motifs is 2. The lowest BCUT2D eigenvalue weighted by Crippen LogP contribution is -2.13. The molecule has 0 bridgehead atoms. The van der Waals surface area contributed by atoms with E-state index in [0.717, 1.165) is 10.8 Å². The van der Waals surface area contributed by atoms with Crippen LogP contribution >= 0.6 is 0 Å². The van der Waals surface area contributed by atoms with Crippen LogP contribution in [0.3, 0.4) is 0 Å². The highest BCUT2D eigenvalue weighted by Gasteiger charge is 2.18. The van der Waals surface area contributed by atoms with Gasteiger partial charge in [0, 0.05) is 22.5 Å². The Balaban J connectivity index is 1.65. The number of carbonyl (C=O) groups is 1. The largest absolute Gasteiger partial charge is 0.454 e. The molecule has 1 N–H and O–H groups in total. The number of pyridine rings is 1. The fourth-order valence-corrected chi connectivity index (χ4v) is 2.97. The molecule has 26 heavy (non-hydrogen) atoms. The second-order valence-corrected chi connectivity index (χ2v) is 7.40. The molecule has 0 aliphatic carbocycles. The molecule has 4 rings (SSSR count). The quantitative estimate of drug-likeness (QED) is 0.740. The van der Waals surface area contributed by atoms with Crippen LogP contribution in [-0.2, 0) is 5.41 Å². The van der Waals surface area contributed by atoms with E-state index >= 15 is 0 Å². The van der Waals surface area contributed by atoms with Crippen LogP contribution in [-0.4, -0.2) is 17.7 Å². The molecular formula is C21H20N2O3. The number of hydrogen-bond donors (Lipinski definition) is 1. The Labute approximate surface area is 152 Å². The Kier molecular flexibility index (Phi) is 3.80. The van der Waals surface area contributed by atoms with Crippen molar-refractivity contribution < 1.29 is 14.3 Å². The minimum atomic E-state index is -0.211. The van der Waals surface area contributed by atoms with Crippen molar-refractivity contribution in [1.29, 1.82) is 0 Å². The molecule has 5 nitrogen and oxygen atoms in total. The number of carbonyl (C=O) groups excluding carboxylic acids is 1. The topological polar surface area (TPSA) is 60.5 Å². The van der Waals surface area contributed by atoms with Crippen molar-refractivity contribution >= 4 is 22.4 Å². The van der Waals surface area contributed by atoms with Gasteiger partial charge in [-0.2, -0.15) is 0 Å². The number of benzene rings is 2. The summed E-state index contributed by atoms with van der Waals surface area (Å²) < 4.78 is 10.6. The van der Waals surface area contributed by atoms with Crippen LogP contribution in [0.25, 0.3) is 10.8 Å². The first-order chi connectivity index (χ1) is 12.4.